The molecule has 0 aliphatic carbocycles. The van der Waals surface area contributed by atoms with Crippen molar-refractivity contribution in [2.75, 3.05) is 13.1 Å². The number of hydrogen-bond acceptors (Lipinski definition) is 7. The van der Waals surface area contributed by atoms with E-state index in [2.05, 4.69) is 34.6 Å². The molecule has 0 aliphatic rings. The van der Waals surface area contributed by atoms with Crippen LogP contribution < -0.4 is 16.0 Å². The molecule has 0 aromatic rings. The van der Waals surface area contributed by atoms with Gasteiger partial charge in [0, 0.05) is 37.4 Å². The minimum atomic E-state index is -1.16. The van der Waals surface area contributed by atoms with Gasteiger partial charge in [-0.25, -0.2) is 0 Å². The lowest BCUT2D eigenvalue weighted by Gasteiger charge is -2.44. The summed E-state index contributed by atoms with van der Waals surface area (Å²) in [5.41, 5.74) is -2.63. The summed E-state index contributed by atoms with van der Waals surface area (Å²) < 4.78 is -1.16. The molecule has 11 heteroatoms. The fraction of sp³-hybridized carbons (Fsp3) is 0.839. The van der Waals surface area contributed by atoms with Crippen LogP contribution in [0.2, 0.25) is 0 Å². The van der Waals surface area contributed by atoms with Crippen molar-refractivity contribution in [1.29, 1.82) is 5.26 Å². The average molecular weight is 613 g/mol. The Bertz CT molecular complexity index is 973. The summed E-state index contributed by atoms with van der Waals surface area (Å²) in [6, 6.07) is 2.11. The summed E-state index contributed by atoms with van der Waals surface area (Å²) in [6.07, 6.45) is 0.515. The number of nitrogens with one attached hydrogen (secondary N) is 3. The average Bonchev–Trinajstić information content (AvgIpc) is 2.85. The standard InChI is InChI=1S/C31H56N4O6S/c1-11-14-33-25(39)23(16-30(9,19-32)13-12-24(37)38)28(5,6)15-22(26(40)35-20(2)3)29(7,8)18-31(10,42)27(41)34-17-21(4)36/h20-23,36,42H,11-18H2,1-10H3,(H,33,39)(H,34,41)(H,35,40)(H,37,38). The van der Waals surface area contributed by atoms with Crippen LogP contribution in [0.25, 0.3) is 0 Å². The van der Waals surface area contributed by atoms with Gasteiger partial charge in [-0.3, -0.25) is 19.2 Å². The number of nitriles is 1. The zero-order chi connectivity index (χ0) is 33.1. The largest absolute Gasteiger partial charge is 0.481 e. The molecule has 242 valence electrons. The summed E-state index contributed by atoms with van der Waals surface area (Å²) in [5.74, 6) is -3.15. The number of aliphatic hydroxyl groups excluding tert-OH is 1. The minimum Gasteiger partial charge on any atom is -0.481 e. The van der Waals surface area contributed by atoms with Gasteiger partial charge in [-0.15, -0.1) is 0 Å². The van der Waals surface area contributed by atoms with E-state index in [4.69, 9.17) is 0 Å². The quantitative estimate of drug-likeness (QED) is 0.119. The van der Waals surface area contributed by atoms with E-state index in [-0.39, 0.29) is 62.4 Å². The van der Waals surface area contributed by atoms with Gasteiger partial charge in [0.05, 0.1) is 22.3 Å². The predicted octanol–water partition coefficient (Wildman–Crippen LogP) is 4.07. The molecule has 0 heterocycles. The molecule has 0 saturated carbocycles. The van der Waals surface area contributed by atoms with Gasteiger partial charge in [-0.1, -0.05) is 34.6 Å². The van der Waals surface area contributed by atoms with Crippen molar-refractivity contribution in [2.24, 2.45) is 28.1 Å². The highest BCUT2D eigenvalue weighted by Gasteiger charge is 2.48. The van der Waals surface area contributed by atoms with Gasteiger partial charge in [-0.2, -0.15) is 17.9 Å². The van der Waals surface area contributed by atoms with Crippen molar-refractivity contribution in [3.05, 3.63) is 0 Å². The molecule has 0 saturated heterocycles. The Balaban J connectivity index is 6.57. The van der Waals surface area contributed by atoms with Crippen LogP contribution in [0.5, 0.6) is 0 Å². The first-order chi connectivity index (χ1) is 19.0. The van der Waals surface area contributed by atoms with Gasteiger partial charge >= 0.3 is 5.97 Å². The van der Waals surface area contributed by atoms with Gasteiger partial charge in [0.2, 0.25) is 17.7 Å². The predicted molar refractivity (Wildman–Crippen MR) is 168 cm³/mol. The van der Waals surface area contributed by atoms with E-state index >= 15 is 0 Å². The number of aliphatic hydroxyl groups is 1. The zero-order valence-electron chi connectivity index (χ0n) is 27.4. The Morgan fingerprint density at radius 1 is 0.905 bits per heavy atom. The number of rotatable bonds is 19. The van der Waals surface area contributed by atoms with Crippen LogP contribution in [0.15, 0.2) is 0 Å². The number of nitrogens with zero attached hydrogens (tertiary/aromatic N) is 1. The van der Waals surface area contributed by atoms with E-state index in [1.54, 1.807) is 20.8 Å². The number of hydrogen-bond donors (Lipinski definition) is 6. The van der Waals surface area contributed by atoms with Gasteiger partial charge in [-0.05, 0) is 77.6 Å². The summed E-state index contributed by atoms with van der Waals surface area (Å²) in [5, 5.41) is 37.5. The van der Waals surface area contributed by atoms with E-state index < -0.39 is 44.9 Å². The van der Waals surface area contributed by atoms with Gasteiger partial charge in [0.15, 0.2) is 0 Å². The molecule has 5 unspecified atom stereocenters. The molecule has 0 aromatic heterocycles. The molecule has 5 N–H and O–H groups in total. The topological polar surface area (TPSA) is 169 Å². The molecule has 10 nitrogen and oxygen atoms in total. The van der Waals surface area contributed by atoms with E-state index in [9.17, 15) is 34.7 Å². The zero-order valence-corrected chi connectivity index (χ0v) is 28.3. The Hall–Kier alpha value is -2.32. The van der Waals surface area contributed by atoms with Crippen LogP contribution >= 0.6 is 12.6 Å². The van der Waals surface area contributed by atoms with Crippen molar-refractivity contribution < 1.29 is 29.4 Å². The first kappa shape index (κ1) is 39.7. The SMILES string of the molecule is CCCNC(=O)C(CC(C)(C#N)CCC(=O)O)C(C)(C)CC(C(=O)NC(C)C)C(C)(C)CC(C)(S)C(=O)NCC(C)O. The maximum atomic E-state index is 13.7. The van der Waals surface area contributed by atoms with Crippen molar-refractivity contribution >= 4 is 36.3 Å². The highest BCUT2D eigenvalue weighted by molar-refractivity contribution is 7.82. The van der Waals surface area contributed by atoms with Gasteiger partial charge in [0.1, 0.15) is 0 Å². The first-order valence-electron chi connectivity index (χ1n) is 14.9. The normalized spacial score (nSPS) is 17.1. The number of carboxylic acids is 1. The van der Waals surface area contributed by atoms with Crippen LogP contribution in [0.4, 0.5) is 0 Å². The molecule has 5 atom stereocenters. The first-order valence-corrected chi connectivity index (χ1v) is 15.4. The van der Waals surface area contributed by atoms with E-state index in [0.717, 1.165) is 6.42 Å². The maximum Gasteiger partial charge on any atom is 0.303 e. The maximum absolute atomic E-state index is 13.7. The van der Waals surface area contributed by atoms with E-state index in [1.165, 1.54) is 0 Å². The second-order valence-corrected chi connectivity index (χ2v) is 15.0. The summed E-state index contributed by atoms with van der Waals surface area (Å²) in [4.78, 5) is 51.6. The fourth-order valence-corrected chi connectivity index (χ4v) is 5.92. The Labute approximate surface area is 258 Å². The smallest absolute Gasteiger partial charge is 0.303 e. The van der Waals surface area contributed by atoms with Crippen LogP contribution in [0.3, 0.4) is 0 Å². The van der Waals surface area contributed by atoms with Crippen molar-refractivity contribution in [3.8, 4) is 6.07 Å². The molecule has 0 aliphatic heterocycles. The fourth-order valence-electron chi connectivity index (χ4n) is 5.43. The van der Waals surface area contributed by atoms with Gasteiger partial charge in [0.25, 0.3) is 0 Å². The Morgan fingerprint density at radius 2 is 1.45 bits per heavy atom. The van der Waals surface area contributed by atoms with E-state index in [0.29, 0.717) is 6.54 Å². The second kappa shape index (κ2) is 16.5. The van der Waals surface area contributed by atoms with Crippen LogP contribution in [-0.2, 0) is 19.2 Å². The minimum absolute atomic E-state index is 0.0772. The van der Waals surface area contributed by atoms with E-state index in [1.807, 2.05) is 48.5 Å². The molecular formula is C31H56N4O6S. The third-order valence-corrected chi connectivity index (χ3v) is 8.25. The molecular weight excluding hydrogens is 556 g/mol. The second-order valence-electron chi connectivity index (χ2n) is 14.0. The van der Waals surface area contributed by atoms with Crippen LogP contribution in [-0.4, -0.2) is 63.9 Å². The Kier molecular flexibility index (Phi) is 15.6. The molecule has 0 spiro atoms. The number of aliphatic carboxylic acids is 1. The highest BCUT2D eigenvalue weighted by atomic mass is 32.1. The number of carboxylic acid groups (broad SMARTS) is 1. The molecule has 0 radical (unpaired) electrons. The molecule has 42 heavy (non-hydrogen) atoms. The van der Waals surface area contributed by atoms with Crippen LogP contribution in [0, 0.1) is 39.4 Å². The third-order valence-electron chi connectivity index (χ3n) is 7.89. The van der Waals surface area contributed by atoms with Gasteiger partial charge < -0.3 is 26.2 Å². The lowest BCUT2D eigenvalue weighted by Crippen LogP contribution is -2.51. The third kappa shape index (κ3) is 13.3. The number of carbonyl (C=O) groups excluding carboxylic acids is 3. The Morgan fingerprint density at radius 3 is 1.90 bits per heavy atom. The summed E-state index contributed by atoms with van der Waals surface area (Å²) >= 11 is 4.67. The number of carbonyl (C=O) groups is 4. The van der Waals surface area contributed by atoms with Crippen LogP contribution in [0.1, 0.15) is 108 Å². The monoisotopic (exact) mass is 612 g/mol. The number of thiol groups is 1. The number of amides is 3. The lowest BCUT2D eigenvalue weighted by molar-refractivity contribution is -0.138. The highest BCUT2D eigenvalue weighted by Crippen LogP contribution is 2.48. The molecule has 3 amide bonds. The van der Waals surface area contributed by atoms with Crippen molar-refractivity contribution in [3.63, 3.8) is 0 Å². The summed E-state index contributed by atoms with van der Waals surface area (Å²) in [6.45, 7) is 18.7. The summed E-state index contributed by atoms with van der Waals surface area (Å²) in [7, 11) is 0. The lowest BCUT2D eigenvalue weighted by atomic mass is 9.61. The molecule has 0 fully saturated rings. The molecule has 0 bridgehead atoms. The molecule has 0 aromatic carbocycles. The van der Waals surface area contributed by atoms with Crippen molar-refractivity contribution in [1.82, 2.24) is 16.0 Å². The van der Waals surface area contributed by atoms with Crippen molar-refractivity contribution in [2.45, 2.75) is 125 Å². The molecule has 0 rings (SSSR count).